The van der Waals surface area contributed by atoms with E-state index in [1.165, 1.54) is 75.6 Å². The zero-order chi connectivity index (χ0) is 30.6. The number of hydrogen-bond acceptors (Lipinski definition) is 0. The molecule has 0 spiro atoms. The van der Waals surface area contributed by atoms with Gasteiger partial charge in [0.05, 0.1) is 0 Å². The Bertz CT molecular complexity index is 1610. The molecule has 7 rings (SSSR count). The van der Waals surface area contributed by atoms with Gasteiger partial charge in [0.2, 0.25) is 0 Å². The molecule has 0 nitrogen and oxygen atoms in total. The molecule has 0 aromatic heterocycles. The maximum absolute atomic E-state index is 3.65. The van der Waals surface area contributed by atoms with Crippen molar-refractivity contribution in [3.05, 3.63) is 123 Å². The molecule has 3 aromatic rings. The molecule has 3 aromatic carbocycles. The third kappa shape index (κ3) is 5.92. The second kappa shape index (κ2) is 11.5. The van der Waals surface area contributed by atoms with Crippen LogP contribution in [0.25, 0.3) is 27.8 Å². The van der Waals surface area contributed by atoms with Crippen molar-refractivity contribution in [2.45, 2.75) is 86.5 Å². The first-order valence-corrected chi connectivity index (χ1v) is 16.5. The van der Waals surface area contributed by atoms with Crippen LogP contribution in [-0.2, 0) is 41.5 Å². The SMILES string of the molecule is CC1=[C-]C(C)(C)c2cc3c(cc21)-c1cc2c(cc1C3)C(C)(C)C=C2C.CC1=[C-]C(C)C=C1c1ccccc1.C[C](C)=[Zr+2]. The number of fused-ring (bicyclic) bond motifs is 5. The Morgan fingerprint density at radius 3 is 1.93 bits per heavy atom. The molecule has 0 amide bonds. The fraction of sp³-hybridized carbons (Fsp3) is 0.341. The first-order valence-electron chi connectivity index (χ1n) is 15.2. The van der Waals surface area contributed by atoms with E-state index in [2.05, 4.69) is 142 Å². The normalized spacial score (nSPS) is 19.5. The van der Waals surface area contributed by atoms with Gasteiger partial charge in [-0.15, -0.1) is 17.2 Å². The Hall–Kier alpha value is -2.63. The van der Waals surface area contributed by atoms with Crippen LogP contribution in [0.3, 0.4) is 0 Å². The summed E-state index contributed by atoms with van der Waals surface area (Å²) in [4.78, 5) is 0. The van der Waals surface area contributed by atoms with Gasteiger partial charge in [-0.1, -0.05) is 108 Å². The summed E-state index contributed by atoms with van der Waals surface area (Å²) < 4.78 is 1.51. The van der Waals surface area contributed by atoms with E-state index in [1.807, 2.05) is 6.07 Å². The Kier molecular flexibility index (Phi) is 8.41. The van der Waals surface area contributed by atoms with Gasteiger partial charge in [0.1, 0.15) is 0 Å². The summed E-state index contributed by atoms with van der Waals surface area (Å²) in [6.07, 6.45) is 12.8. The van der Waals surface area contributed by atoms with Crippen LogP contribution < -0.4 is 0 Å². The molecule has 1 unspecified atom stereocenters. The monoisotopic (exact) mass is 626 g/mol. The second-order valence-corrected chi connectivity index (χ2v) is 16.2. The van der Waals surface area contributed by atoms with Crippen LogP contribution in [0.15, 0.2) is 72.3 Å². The average Bonchev–Trinajstić information content (AvgIpc) is 3.57. The van der Waals surface area contributed by atoms with Gasteiger partial charge in [0.15, 0.2) is 0 Å². The van der Waals surface area contributed by atoms with E-state index in [9.17, 15) is 0 Å². The summed E-state index contributed by atoms with van der Waals surface area (Å²) >= 11 is 1.55. The van der Waals surface area contributed by atoms with Gasteiger partial charge in [0, 0.05) is 5.41 Å². The van der Waals surface area contributed by atoms with E-state index in [4.69, 9.17) is 0 Å². The Labute approximate surface area is 269 Å². The van der Waals surface area contributed by atoms with E-state index in [1.54, 1.807) is 24.2 Å². The molecule has 0 aliphatic heterocycles. The standard InChI is InChI=1S/C25H25.C13H13.C3H6.Zr/c1-14-12-24(3,4)22-8-16-7-17-9-23-19(15(2)13-25(23,5)6)11-21(17)20(16)10-18(14)22;1-10-8-11(2)13(9-10)12-6-4-3-5-7-12;1-3-2;/h8-12H,7H2,1-6H3;3-7,9-10H,1-2H3;1-2H3;/q2*-1;;+2. The molecular formula is C41H44Zr. The first kappa shape index (κ1) is 30.8. The molecule has 0 radical (unpaired) electrons. The van der Waals surface area contributed by atoms with Crippen molar-refractivity contribution in [2.75, 3.05) is 0 Å². The quantitative estimate of drug-likeness (QED) is 0.184. The molecule has 0 saturated carbocycles. The summed E-state index contributed by atoms with van der Waals surface area (Å²) in [5.74, 6) is 0.468. The van der Waals surface area contributed by atoms with Crippen molar-refractivity contribution in [1.82, 2.24) is 0 Å². The van der Waals surface area contributed by atoms with Crippen molar-refractivity contribution in [3.8, 4) is 11.1 Å². The van der Waals surface area contributed by atoms with Crippen LogP contribution in [0, 0.1) is 18.1 Å². The van der Waals surface area contributed by atoms with Gasteiger partial charge in [-0.05, 0) is 58.4 Å². The second-order valence-electron chi connectivity index (χ2n) is 13.7. The van der Waals surface area contributed by atoms with Crippen molar-refractivity contribution >= 4 is 19.9 Å². The summed E-state index contributed by atoms with van der Waals surface area (Å²) in [7, 11) is 0. The van der Waals surface area contributed by atoms with Crippen LogP contribution in [0.1, 0.15) is 108 Å². The predicted octanol–water partition coefficient (Wildman–Crippen LogP) is 10.7. The van der Waals surface area contributed by atoms with E-state index < -0.39 is 0 Å². The van der Waals surface area contributed by atoms with E-state index in [-0.39, 0.29) is 10.8 Å². The third-order valence-electron chi connectivity index (χ3n) is 8.78. The molecule has 0 bridgehead atoms. The van der Waals surface area contributed by atoms with Crippen LogP contribution in [-0.4, -0.2) is 3.21 Å². The molecule has 4 aliphatic rings. The van der Waals surface area contributed by atoms with Gasteiger partial charge in [-0.3, -0.25) is 12.2 Å². The fourth-order valence-corrected chi connectivity index (χ4v) is 7.04. The van der Waals surface area contributed by atoms with Crippen LogP contribution >= 0.6 is 0 Å². The molecule has 1 heteroatoms. The molecule has 4 aliphatic carbocycles. The van der Waals surface area contributed by atoms with Gasteiger partial charge >= 0.3 is 41.3 Å². The molecule has 212 valence electrons. The Balaban J connectivity index is 0.000000174. The fourth-order valence-electron chi connectivity index (χ4n) is 7.04. The predicted molar refractivity (Wildman–Crippen MR) is 179 cm³/mol. The summed E-state index contributed by atoms with van der Waals surface area (Å²) in [5.41, 5.74) is 18.5. The molecule has 0 saturated heterocycles. The van der Waals surface area contributed by atoms with E-state index in [0.717, 1.165) is 6.42 Å². The minimum absolute atomic E-state index is 0.0340. The zero-order valence-electron chi connectivity index (χ0n) is 27.1. The summed E-state index contributed by atoms with van der Waals surface area (Å²) in [6, 6.07) is 20.3. The van der Waals surface area contributed by atoms with Crippen LogP contribution in [0.5, 0.6) is 0 Å². The molecule has 0 fully saturated rings. The summed E-state index contributed by atoms with van der Waals surface area (Å²) in [6.45, 7) is 22.2. The van der Waals surface area contributed by atoms with Crippen molar-refractivity contribution < 1.29 is 24.2 Å². The van der Waals surface area contributed by atoms with Gasteiger partial charge in [0.25, 0.3) is 0 Å². The van der Waals surface area contributed by atoms with Gasteiger partial charge in [-0.2, -0.15) is 17.2 Å². The van der Waals surface area contributed by atoms with Gasteiger partial charge in [-0.25, -0.2) is 11.1 Å². The molecule has 0 heterocycles. The van der Waals surface area contributed by atoms with Crippen molar-refractivity contribution in [2.24, 2.45) is 5.92 Å². The zero-order valence-corrected chi connectivity index (χ0v) is 29.6. The number of allylic oxidation sites excluding steroid dienone is 8. The number of hydrogen-bond donors (Lipinski definition) is 0. The average molecular weight is 628 g/mol. The minimum atomic E-state index is 0.0340. The van der Waals surface area contributed by atoms with E-state index >= 15 is 0 Å². The van der Waals surface area contributed by atoms with Crippen LogP contribution in [0.4, 0.5) is 0 Å². The first-order chi connectivity index (χ1) is 19.7. The number of rotatable bonds is 1. The van der Waals surface area contributed by atoms with Gasteiger partial charge < -0.3 is 0 Å². The molecule has 0 N–H and O–H groups in total. The Morgan fingerprint density at radius 1 is 0.786 bits per heavy atom. The Morgan fingerprint density at radius 2 is 1.36 bits per heavy atom. The topological polar surface area (TPSA) is 0 Å². The van der Waals surface area contributed by atoms with Crippen LogP contribution in [0.2, 0.25) is 0 Å². The van der Waals surface area contributed by atoms with Crippen molar-refractivity contribution in [1.29, 1.82) is 0 Å². The summed E-state index contributed by atoms with van der Waals surface area (Å²) in [5, 5.41) is 0. The molecule has 1 atom stereocenters. The third-order valence-corrected chi connectivity index (χ3v) is 8.78. The molecule has 42 heavy (non-hydrogen) atoms. The van der Waals surface area contributed by atoms with Crippen molar-refractivity contribution in [3.63, 3.8) is 0 Å². The van der Waals surface area contributed by atoms with E-state index in [0.29, 0.717) is 5.92 Å². The number of benzene rings is 3. The molecular weight excluding hydrogens is 584 g/mol. The maximum atomic E-state index is 3.65.